The van der Waals surface area contributed by atoms with Gasteiger partial charge < -0.3 is 4.84 Å². The number of hydrogen-bond acceptors (Lipinski definition) is 5. The number of halogens is 1. The summed E-state index contributed by atoms with van der Waals surface area (Å²) in [4.78, 5) is 28.9. The molecule has 0 aliphatic rings. The summed E-state index contributed by atoms with van der Waals surface area (Å²) in [7, 11) is -3.86. The van der Waals surface area contributed by atoms with Gasteiger partial charge in [-0.1, -0.05) is 35.9 Å². The minimum atomic E-state index is -3.86. The average Bonchev–Trinajstić information content (AvgIpc) is 2.72. The molecule has 0 bridgehead atoms. The third kappa shape index (κ3) is 5.34. The van der Waals surface area contributed by atoms with Crippen LogP contribution in [0.15, 0.2) is 83.8 Å². The van der Waals surface area contributed by atoms with Crippen LogP contribution in [0, 0.1) is 0 Å². The molecular formula is C20H15ClN2O5S. The molecule has 0 saturated heterocycles. The fourth-order valence-electron chi connectivity index (χ4n) is 2.34. The summed E-state index contributed by atoms with van der Waals surface area (Å²) >= 11 is 5.77. The van der Waals surface area contributed by atoms with Crippen LogP contribution < -0.4 is 10.2 Å². The second kappa shape index (κ2) is 8.76. The molecule has 0 aromatic heterocycles. The first-order valence-corrected chi connectivity index (χ1v) is 10.2. The number of rotatable bonds is 5. The maximum atomic E-state index is 12.4. The number of hydrogen-bond donors (Lipinski definition) is 2. The molecule has 3 aromatic rings. The van der Waals surface area contributed by atoms with Gasteiger partial charge in [-0.3, -0.25) is 9.52 Å². The molecule has 3 rings (SSSR count). The summed E-state index contributed by atoms with van der Waals surface area (Å²) in [6.45, 7) is 0. The molecule has 0 aliphatic carbocycles. The minimum absolute atomic E-state index is 0.0218. The summed E-state index contributed by atoms with van der Waals surface area (Å²) in [6, 6.07) is 19.5. The molecule has 0 aliphatic heterocycles. The van der Waals surface area contributed by atoms with E-state index >= 15 is 0 Å². The Kier molecular flexibility index (Phi) is 6.16. The van der Waals surface area contributed by atoms with E-state index in [1.807, 2.05) is 5.48 Å². The van der Waals surface area contributed by atoms with E-state index in [9.17, 15) is 18.0 Å². The number of carbonyl (C=O) groups is 2. The van der Waals surface area contributed by atoms with Crippen molar-refractivity contribution >= 4 is 39.2 Å². The van der Waals surface area contributed by atoms with Crippen LogP contribution in [0.25, 0.3) is 0 Å². The first kappa shape index (κ1) is 20.4. The van der Waals surface area contributed by atoms with Gasteiger partial charge in [0.25, 0.3) is 15.9 Å². The predicted molar refractivity (Wildman–Crippen MR) is 108 cm³/mol. The molecular weight excluding hydrogens is 416 g/mol. The highest BCUT2D eigenvalue weighted by molar-refractivity contribution is 7.92. The predicted octanol–water partition coefficient (Wildman–Crippen LogP) is 3.64. The fourth-order valence-corrected chi connectivity index (χ4v) is 3.51. The molecule has 0 spiro atoms. The summed E-state index contributed by atoms with van der Waals surface area (Å²) < 4.78 is 27.3. The number of nitrogens with one attached hydrogen (secondary N) is 2. The molecule has 0 fully saturated rings. The lowest BCUT2D eigenvalue weighted by Gasteiger charge is -2.10. The molecule has 29 heavy (non-hydrogen) atoms. The summed E-state index contributed by atoms with van der Waals surface area (Å²) in [5.74, 6) is -1.43. The van der Waals surface area contributed by atoms with Crippen LogP contribution in [-0.4, -0.2) is 20.3 Å². The Bertz CT molecular complexity index is 1130. The molecule has 7 nitrogen and oxygen atoms in total. The van der Waals surface area contributed by atoms with Crippen molar-refractivity contribution in [1.29, 1.82) is 0 Å². The van der Waals surface area contributed by atoms with Crippen molar-refractivity contribution in [2.75, 3.05) is 4.72 Å². The summed E-state index contributed by atoms with van der Waals surface area (Å²) in [6.07, 6.45) is 0. The first-order chi connectivity index (χ1) is 13.8. The largest absolute Gasteiger partial charge is 0.362 e. The highest BCUT2D eigenvalue weighted by Gasteiger charge is 2.16. The molecule has 1 amide bonds. The number of anilines is 1. The molecule has 0 saturated carbocycles. The van der Waals surface area contributed by atoms with Gasteiger partial charge in [0.1, 0.15) is 0 Å². The van der Waals surface area contributed by atoms with Gasteiger partial charge in [0.05, 0.1) is 10.5 Å². The number of sulfonamides is 1. The molecule has 0 radical (unpaired) electrons. The summed E-state index contributed by atoms with van der Waals surface area (Å²) in [5, 5.41) is 0.410. The van der Waals surface area contributed by atoms with E-state index in [2.05, 4.69) is 4.72 Å². The van der Waals surface area contributed by atoms with Gasteiger partial charge in [0.2, 0.25) is 0 Å². The Morgan fingerprint density at radius 1 is 0.828 bits per heavy atom. The van der Waals surface area contributed by atoms with E-state index in [0.717, 1.165) is 0 Å². The zero-order chi connectivity index (χ0) is 20.9. The van der Waals surface area contributed by atoms with Crippen LogP contribution in [0.2, 0.25) is 5.02 Å². The van der Waals surface area contributed by atoms with Crippen LogP contribution in [0.5, 0.6) is 0 Å². The van der Waals surface area contributed by atoms with E-state index in [1.54, 1.807) is 30.3 Å². The van der Waals surface area contributed by atoms with Crippen molar-refractivity contribution in [2.45, 2.75) is 4.90 Å². The Morgan fingerprint density at radius 3 is 2.17 bits per heavy atom. The first-order valence-electron chi connectivity index (χ1n) is 8.30. The van der Waals surface area contributed by atoms with Gasteiger partial charge in [-0.15, -0.1) is 0 Å². The standard InChI is InChI=1S/C20H15ClN2O5S/c21-16-9-11-18(12-10-16)29(26,27)23-17-8-4-7-15(13-17)19(24)22-28-20(25)14-5-2-1-3-6-14/h1-13,23H,(H,22,24). The molecule has 0 atom stereocenters. The van der Waals surface area contributed by atoms with E-state index in [1.165, 1.54) is 48.5 Å². The number of amides is 1. The van der Waals surface area contributed by atoms with Crippen LogP contribution in [0.1, 0.15) is 20.7 Å². The Hall–Kier alpha value is -3.36. The maximum Gasteiger partial charge on any atom is 0.362 e. The second-order valence-corrected chi connectivity index (χ2v) is 7.95. The Morgan fingerprint density at radius 2 is 1.48 bits per heavy atom. The maximum absolute atomic E-state index is 12.4. The van der Waals surface area contributed by atoms with Crippen molar-refractivity contribution in [3.63, 3.8) is 0 Å². The Labute approximate surface area is 172 Å². The van der Waals surface area contributed by atoms with Crippen LogP contribution in [0.3, 0.4) is 0 Å². The van der Waals surface area contributed by atoms with E-state index in [4.69, 9.17) is 16.4 Å². The van der Waals surface area contributed by atoms with Gasteiger partial charge in [-0.05, 0) is 54.6 Å². The second-order valence-electron chi connectivity index (χ2n) is 5.83. The lowest BCUT2D eigenvalue weighted by Crippen LogP contribution is -2.27. The zero-order valence-corrected chi connectivity index (χ0v) is 16.4. The highest BCUT2D eigenvalue weighted by Crippen LogP contribution is 2.19. The third-order valence-corrected chi connectivity index (χ3v) is 5.40. The van der Waals surface area contributed by atoms with Crippen molar-refractivity contribution < 1.29 is 22.8 Å². The Balaban J connectivity index is 1.68. The van der Waals surface area contributed by atoms with Crippen LogP contribution in [0.4, 0.5) is 5.69 Å². The van der Waals surface area contributed by atoms with Gasteiger partial charge in [-0.2, -0.15) is 5.48 Å². The lowest BCUT2D eigenvalue weighted by molar-refractivity contribution is 0.0230. The number of benzene rings is 3. The SMILES string of the molecule is O=C(NOC(=O)c1ccccc1)c1cccc(NS(=O)(=O)c2ccc(Cl)cc2)c1. The van der Waals surface area contributed by atoms with Gasteiger partial charge in [0.15, 0.2) is 0 Å². The molecule has 0 unspecified atom stereocenters. The van der Waals surface area contributed by atoms with E-state index < -0.39 is 21.9 Å². The third-order valence-electron chi connectivity index (χ3n) is 3.75. The monoisotopic (exact) mass is 430 g/mol. The lowest BCUT2D eigenvalue weighted by atomic mass is 10.2. The molecule has 9 heteroatoms. The van der Waals surface area contributed by atoms with Gasteiger partial charge >= 0.3 is 5.97 Å². The fraction of sp³-hybridized carbons (Fsp3) is 0. The smallest absolute Gasteiger partial charge is 0.335 e. The van der Waals surface area contributed by atoms with Crippen molar-refractivity contribution in [1.82, 2.24) is 5.48 Å². The van der Waals surface area contributed by atoms with Gasteiger partial charge in [0, 0.05) is 16.3 Å². The van der Waals surface area contributed by atoms with E-state index in [-0.39, 0.29) is 21.7 Å². The summed E-state index contributed by atoms with van der Waals surface area (Å²) in [5.41, 5.74) is 2.59. The molecule has 3 aromatic carbocycles. The highest BCUT2D eigenvalue weighted by atomic mass is 35.5. The topological polar surface area (TPSA) is 102 Å². The van der Waals surface area contributed by atoms with Crippen LogP contribution in [-0.2, 0) is 14.9 Å². The molecule has 148 valence electrons. The van der Waals surface area contributed by atoms with E-state index in [0.29, 0.717) is 5.02 Å². The molecule has 2 N–H and O–H groups in total. The van der Waals surface area contributed by atoms with Crippen molar-refractivity contribution in [3.8, 4) is 0 Å². The van der Waals surface area contributed by atoms with Crippen LogP contribution >= 0.6 is 11.6 Å². The zero-order valence-electron chi connectivity index (χ0n) is 14.8. The molecule has 0 heterocycles. The minimum Gasteiger partial charge on any atom is -0.335 e. The normalized spacial score (nSPS) is 10.8. The number of hydroxylamine groups is 1. The van der Waals surface area contributed by atoms with Crippen molar-refractivity contribution in [3.05, 3.63) is 95.0 Å². The quantitative estimate of drug-likeness (QED) is 0.602. The average molecular weight is 431 g/mol. The van der Waals surface area contributed by atoms with Gasteiger partial charge in [-0.25, -0.2) is 13.2 Å². The number of carbonyl (C=O) groups excluding carboxylic acids is 2. The van der Waals surface area contributed by atoms with Crippen molar-refractivity contribution in [2.24, 2.45) is 0 Å².